The molecule has 0 aliphatic carbocycles. The molecule has 122 valence electrons. The van der Waals surface area contributed by atoms with E-state index in [1.807, 2.05) is 24.3 Å². The lowest BCUT2D eigenvalue weighted by molar-refractivity contribution is 0.0374. The molecule has 0 atom stereocenters. The maximum absolute atomic E-state index is 12.4. The van der Waals surface area contributed by atoms with Gasteiger partial charge in [0.25, 0.3) is 5.91 Å². The van der Waals surface area contributed by atoms with Crippen LogP contribution in [0.4, 0.5) is 0 Å². The lowest BCUT2D eigenvalue weighted by atomic mass is 9.83. The van der Waals surface area contributed by atoms with Gasteiger partial charge in [0.2, 0.25) is 0 Å². The average Bonchev–Trinajstić information content (AvgIpc) is 2.51. The second kappa shape index (κ2) is 7.75. The highest BCUT2D eigenvalue weighted by atomic mass is 16.5. The van der Waals surface area contributed by atoms with Crippen LogP contribution in [0.3, 0.4) is 0 Å². The zero-order chi connectivity index (χ0) is 16.0. The molecule has 1 amide bonds. The molecule has 1 aliphatic heterocycles. The van der Waals surface area contributed by atoms with Crippen molar-refractivity contribution in [3.05, 3.63) is 35.4 Å². The van der Waals surface area contributed by atoms with Crippen LogP contribution in [0.15, 0.2) is 24.3 Å². The Morgan fingerprint density at radius 3 is 2.59 bits per heavy atom. The number of carbonyl (C=O) groups excluding carboxylic acids is 1. The van der Waals surface area contributed by atoms with Crippen LogP contribution in [-0.2, 0) is 10.2 Å². The maximum Gasteiger partial charge on any atom is 0.251 e. The minimum Gasteiger partial charge on any atom is -0.379 e. The molecule has 22 heavy (non-hydrogen) atoms. The van der Waals surface area contributed by atoms with E-state index in [1.165, 1.54) is 0 Å². The summed E-state index contributed by atoms with van der Waals surface area (Å²) in [7, 11) is 0. The maximum atomic E-state index is 12.4. The third-order valence-electron chi connectivity index (χ3n) is 4.02. The molecular formula is C18H28N2O2. The molecular weight excluding hydrogens is 276 g/mol. The van der Waals surface area contributed by atoms with Crippen LogP contribution in [0, 0.1) is 0 Å². The first-order chi connectivity index (χ1) is 10.5. The van der Waals surface area contributed by atoms with Gasteiger partial charge in [0.05, 0.1) is 13.2 Å². The fraction of sp³-hybridized carbons (Fsp3) is 0.611. The first kappa shape index (κ1) is 17.0. The Hall–Kier alpha value is -1.39. The van der Waals surface area contributed by atoms with E-state index in [-0.39, 0.29) is 11.3 Å². The summed E-state index contributed by atoms with van der Waals surface area (Å²) < 4.78 is 5.34. The average molecular weight is 304 g/mol. The van der Waals surface area contributed by atoms with E-state index in [0.717, 1.165) is 50.4 Å². The van der Waals surface area contributed by atoms with Crippen LogP contribution in [0.2, 0.25) is 0 Å². The number of hydrogen-bond donors (Lipinski definition) is 1. The topological polar surface area (TPSA) is 41.6 Å². The lowest BCUT2D eigenvalue weighted by Crippen LogP contribution is -2.38. The minimum absolute atomic E-state index is 0.0261. The zero-order valence-electron chi connectivity index (χ0n) is 14.0. The molecule has 1 aromatic rings. The van der Waals surface area contributed by atoms with Gasteiger partial charge < -0.3 is 10.1 Å². The van der Waals surface area contributed by atoms with Crippen LogP contribution in [0.25, 0.3) is 0 Å². The molecule has 1 saturated heterocycles. The van der Waals surface area contributed by atoms with Crippen LogP contribution < -0.4 is 5.32 Å². The number of rotatable bonds is 5. The van der Waals surface area contributed by atoms with Gasteiger partial charge in [-0.05, 0) is 30.0 Å². The van der Waals surface area contributed by atoms with E-state index >= 15 is 0 Å². The third-order valence-corrected chi connectivity index (χ3v) is 4.02. The van der Waals surface area contributed by atoms with E-state index < -0.39 is 0 Å². The van der Waals surface area contributed by atoms with E-state index in [1.54, 1.807) is 0 Å². The van der Waals surface area contributed by atoms with Crippen LogP contribution >= 0.6 is 0 Å². The van der Waals surface area contributed by atoms with E-state index in [4.69, 9.17) is 4.74 Å². The molecule has 1 aliphatic rings. The SMILES string of the molecule is CC(C)(C)c1ccccc1C(=O)NCCCN1CCOCC1. The number of carbonyl (C=O) groups is 1. The fourth-order valence-electron chi connectivity index (χ4n) is 2.76. The molecule has 0 radical (unpaired) electrons. The quantitative estimate of drug-likeness (QED) is 0.850. The van der Waals surface area contributed by atoms with Gasteiger partial charge in [-0.2, -0.15) is 0 Å². The summed E-state index contributed by atoms with van der Waals surface area (Å²) in [6.07, 6.45) is 0.976. The summed E-state index contributed by atoms with van der Waals surface area (Å²) >= 11 is 0. The second-order valence-corrected chi connectivity index (χ2v) is 6.86. The van der Waals surface area contributed by atoms with Crippen LogP contribution in [0.5, 0.6) is 0 Å². The largest absolute Gasteiger partial charge is 0.379 e. The Morgan fingerprint density at radius 2 is 1.91 bits per heavy atom. The number of morpholine rings is 1. The van der Waals surface area contributed by atoms with Crippen molar-refractivity contribution in [3.63, 3.8) is 0 Å². The molecule has 1 heterocycles. The van der Waals surface area contributed by atoms with E-state index in [0.29, 0.717) is 6.54 Å². The van der Waals surface area contributed by atoms with Crippen LogP contribution in [0.1, 0.15) is 43.1 Å². The highest BCUT2D eigenvalue weighted by molar-refractivity contribution is 5.96. The van der Waals surface area contributed by atoms with Gasteiger partial charge >= 0.3 is 0 Å². The Kier molecular flexibility index (Phi) is 5.98. The molecule has 0 saturated carbocycles. The van der Waals surface area contributed by atoms with Gasteiger partial charge in [0.1, 0.15) is 0 Å². The van der Waals surface area contributed by atoms with Crippen molar-refractivity contribution in [1.82, 2.24) is 10.2 Å². The number of amides is 1. The molecule has 1 N–H and O–H groups in total. The zero-order valence-corrected chi connectivity index (χ0v) is 14.0. The molecule has 1 fully saturated rings. The second-order valence-electron chi connectivity index (χ2n) is 6.86. The summed E-state index contributed by atoms with van der Waals surface area (Å²) in [5.74, 6) is 0.0347. The predicted octanol–water partition coefficient (Wildman–Crippen LogP) is 2.44. The van der Waals surface area contributed by atoms with Crippen molar-refractivity contribution >= 4 is 5.91 Å². The molecule has 1 aromatic carbocycles. The normalized spacial score (nSPS) is 16.5. The van der Waals surface area contributed by atoms with Gasteiger partial charge in [-0.1, -0.05) is 39.0 Å². The number of ether oxygens (including phenoxy) is 1. The van der Waals surface area contributed by atoms with Gasteiger partial charge in [0, 0.05) is 25.2 Å². The molecule has 0 unspecified atom stereocenters. The number of nitrogens with one attached hydrogen (secondary N) is 1. The summed E-state index contributed by atoms with van der Waals surface area (Å²) in [6.45, 7) is 11.8. The molecule has 0 spiro atoms. The van der Waals surface area contributed by atoms with E-state index in [2.05, 4.69) is 31.0 Å². The summed E-state index contributed by atoms with van der Waals surface area (Å²) in [5, 5.41) is 3.05. The third kappa shape index (κ3) is 4.82. The summed E-state index contributed by atoms with van der Waals surface area (Å²) in [4.78, 5) is 14.8. The molecule has 0 aromatic heterocycles. The van der Waals surface area contributed by atoms with Crippen LogP contribution in [-0.4, -0.2) is 50.2 Å². The minimum atomic E-state index is -0.0261. The molecule has 4 heteroatoms. The van der Waals surface area contributed by atoms with Crippen molar-refractivity contribution in [1.29, 1.82) is 0 Å². The van der Waals surface area contributed by atoms with Gasteiger partial charge in [-0.15, -0.1) is 0 Å². The lowest BCUT2D eigenvalue weighted by Gasteiger charge is -2.26. The van der Waals surface area contributed by atoms with Gasteiger partial charge in [-0.3, -0.25) is 9.69 Å². The molecule has 0 bridgehead atoms. The summed E-state index contributed by atoms with van der Waals surface area (Å²) in [6, 6.07) is 7.88. The highest BCUT2D eigenvalue weighted by Crippen LogP contribution is 2.25. The van der Waals surface area contributed by atoms with Crippen molar-refractivity contribution in [3.8, 4) is 0 Å². The number of nitrogens with zero attached hydrogens (tertiary/aromatic N) is 1. The van der Waals surface area contributed by atoms with Crippen molar-refractivity contribution in [2.45, 2.75) is 32.6 Å². The van der Waals surface area contributed by atoms with Crippen molar-refractivity contribution in [2.75, 3.05) is 39.4 Å². The van der Waals surface area contributed by atoms with Crippen molar-refractivity contribution in [2.24, 2.45) is 0 Å². The smallest absolute Gasteiger partial charge is 0.251 e. The number of hydrogen-bond acceptors (Lipinski definition) is 3. The van der Waals surface area contributed by atoms with Crippen molar-refractivity contribution < 1.29 is 9.53 Å². The van der Waals surface area contributed by atoms with Gasteiger partial charge in [0.15, 0.2) is 0 Å². The Balaban J connectivity index is 1.82. The monoisotopic (exact) mass is 304 g/mol. The number of benzene rings is 1. The van der Waals surface area contributed by atoms with E-state index in [9.17, 15) is 4.79 Å². The highest BCUT2D eigenvalue weighted by Gasteiger charge is 2.20. The standard InChI is InChI=1S/C18H28N2O2/c1-18(2,3)16-8-5-4-7-15(16)17(21)19-9-6-10-20-11-13-22-14-12-20/h4-5,7-8H,6,9-14H2,1-3H3,(H,19,21). The predicted molar refractivity (Wildman–Crippen MR) is 89.4 cm³/mol. The first-order valence-corrected chi connectivity index (χ1v) is 8.16. The molecule has 4 nitrogen and oxygen atoms in total. The molecule has 2 rings (SSSR count). The Labute approximate surface area is 133 Å². The first-order valence-electron chi connectivity index (χ1n) is 8.16. The fourth-order valence-corrected chi connectivity index (χ4v) is 2.76. The Bertz CT molecular complexity index is 488. The Morgan fingerprint density at radius 1 is 1.23 bits per heavy atom. The van der Waals surface area contributed by atoms with Gasteiger partial charge in [-0.25, -0.2) is 0 Å². The summed E-state index contributed by atoms with van der Waals surface area (Å²) in [5.41, 5.74) is 1.86.